The molecule has 1 aliphatic heterocycles. The summed E-state index contributed by atoms with van der Waals surface area (Å²) in [6.45, 7) is 1.60. The zero-order valence-corrected chi connectivity index (χ0v) is 13.3. The van der Waals surface area contributed by atoms with Crippen LogP contribution in [0.25, 0.3) is 22.1 Å². The van der Waals surface area contributed by atoms with Gasteiger partial charge in [0.25, 0.3) is 0 Å². The summed E-state index contributed by atoms with van der Waals surface area (Å²) < 4.78 is 47.1. The number of alkyl halides is 3. The van der Waals surface area contributed by atoms with Crippen molar-refractivity contribution in [3.8, 4) is 5.75 Å². The summed E-state index contributed by atoms with van der Waals surface area (Å²) in [5.74, 6) is 0.344. The van der Waals surface area contributed by atoms with Crippen molar-refractivity contribution < 1.29 is 22.3 Å². The second kappa shape index (κ2) is 5.76. The van der Waals surface area contributed by atoms with Crippen LogP contribution in [0.15, 0.2) is 28.9 Å². The highest BCUT2D eigenvalue weighted by molar-refractivity contribution is 6.06. The van der Waals surface area contributed by atoms with E-state index in [2.05, 4.69) is 24.9 Å². The summed E-state index contributed by atoms with van der Waals surface area (Å²) in [7, 11) is 1.91. The monoisotopic (exact) mass is 352 g/mol. The van der Waals surface area contributed by atoms with Gasteiger partial charge < -0.3 is 19.4 Å². The van der Waals surface area contributed by atoms with Crippen LogP contribution in [0, 0.1) is 0 Å². The van der Waals surface area contributed by atoms with Gasteiger partial charge in [0.05, 0.1) is 5.39 Å². The molecule has 0 saturated carbocycles. The van der Waals surface area contributed by atoms with Crippen molar-refractivity contribution in [1.29, 1.82) is 0 Å². The standard InChI is InChI=1S/C16H15F3N4O2/c1-20-9-4-5-23(7-9)15-14-13(21-8-22-15)11-6-10(25-16(17,18)19)2-3-12(11)24-14/h2-3,6,8-9,20H,4-5,7H2,1H3/t9-/m1/s1. The Balaban J connectivity index is 1.79. The molecule has 4 rings (SSSR count). The number of anilines is 1. The Hall–Kier alpha value is -2.55. The first-order chi connectivity index (χ1) is 11.9. The predicted octanol–water partition coefficient (Wildman–Crippen LogP) is 3.07. The van der Waals surface area contributed by atoms with E-state index < -0.39 is 6.36 Å². The Morgan fingerprint density at radius 1 is 1.32 bits per heavy atom. The molecule has 9 heteroatoms. The molecule has 1 fully saturated rings. The van der Waals surface area contributed by atoms with Gasteiger partial charge >= 0.3 is 6.36 Å². The smallest absolute Gasteiger partial charge is 0.450 e. The first kappa shape index (κ1) is 15.9. The van der Waals surface area contributed by atoms with Crippen LogP contribution < -0.4 is 15.0 Å². The van der Waals surface area contributed by atoms with Crippen LogP contribution in [0.1, 0.15) is 6.42 Å². The number of fused-ring (bicyclic) bond motifs is 3. The molecule has 0 bridgehead atoms. The van der Waals surface area contributed by atoms with Crippen molar-refractivity contribution in [2.45, 2.75) is 18.8 Å². The fourth-order valence-corrected chi connectivity index (χ4v) is 3.15. The number of nitrogens with one attached hydrogen (secondary N) is 1. The van der Waals surface area contributed by atoms with Gasteiger partial charge in [-0.2, -0.15) is 0 Å². The summed E-state index contributed by atoms with van der Waals surface area (Å²) in [5, 5.41) is 3.69. The Morgan fingerprint density at radius 3 is 2.88 bits per heavy atom. The highest BCUT2D eigenvalue weighted by Crippen LogP contribution is 2.36. The minimum atomic E-state index is -4.74. The molecule has 0 unspecified atom stereocenters. The summed E-state index contributed by atoms with van der Waals surface area (Å²) >= 11 is 0. The zero-order valence-electron chi connectivity index (χ0n) is 13.3. The highest BCUT2D eigenvalue weighted by Gasteiger charge is 2.31. The second-order valence-electron chi connectivity index (χ2n) is 5.90. The van der Waals surface area contributed by atoms with E-state index >= 15 is 0 Å². The topological polar surface area (TPSA) is 63.4 Å². The molecule has 132 valence electrons. The number of aromatic nitrogens is 2. The fourth-order valence-electron chi connectivity index (χ4n) is 3.15. The molecule has 3 aromatic rings. The van der Waals surface area contributed by atoms with Crippen molar-refractivity contribution in [2.24, 2.45) is 0 Å². The lowest BCUT2D eigenvalue weighted by Gasteiger charge is -2.16. The molecule has 1 saturated heterocycles. The third-order valence-corrected chi connectivity index (χ3v) is 4.33. The van der Waals surface area contributed by atoms with Gasteiger partial charge in [-0.25, -0.2) is 9.97 Å². The molecule has 0 spiro atoms. The molecule has 1 N–H and O–H groups in total. The van der Waals surface area contributed by atoms with Crippen LogP contribution in [0.2, 0.25) is 0 Å². The van der Waals surface area contributed by atoms with Crippen LogP contribution in [0.4, 0.5) is 19.0 Å². The molecule has 0 radical (unpaired) electrons. The number of benzene rings is 1. The number of rotatable bonds is 3. The number of hydrogen-bond donors (Lipinski definition) is 1. The molecule has 1 aliphatic rings. The Kier molecular flexibility index (Phi) is 3.68. The number of likely N-dealkylation sites (N-methyl/N-ethyl adjacent to an activating group) is 1. The number of hydrogen-bond acceptors (Lipinski definition) is 6. The van der Waals surface area contributed by atoms with E-state index in [1.165, 1.54) is 24.5 Å². The molecule has 1 atom stereocenters. The van der Waals surface area contributed by atoms with E-state index in [1.807, 2.05) is 7.05 Å². The van der Waals surface area contributed by atoms with Gasteiger partial charge in [-0.05, 0) is 31.7 Å². The maximum atomic E-state index is 12.4. The van der Waals surface area contributed by atoms with Gasteiger partial charge in [0.2, 0.25) is 0 Å². The zero-order chi connectivity index (χ0) is 17.6. The van der Waals surface area contributed by atoms with Crippen molar-refractivity contribution >= 4 is 27.9 Å². The Morgan fingerprint density at radius 2 is 2.16 bits per heavy atom. The van der Waals surface area contributed by atoms with Crippen LogP contribution in [-0.2, 0) is 0 Å². The summed E-state index contributed by atoms with van der Waals surface area (Å²) in [4.78, 5) is 10.6. The lowest BCUT2D eigenvalue weighted by Crippen LogP contribution is -2.29. The van der Waals surface area contributed by atoms with Crippen molar-refractivity contribution in [1.82, 2.24) is 15.3 Å². The van der Waals surface area contributed by atoms with E-state index in [1.54, 1.807) is 0 Å². The Bertz CT molecular complexity index is 925. The van der Waals surface area contributed by atoms with Crippen molar-refractivity contribution in [3.63, 3.8) is 0 Å². The molecular formula is C16H15F3N4O2. The van der Waals surface area contributed by atoms with Crippen LogP contribution in [0.5, 0.6) is 5.75 Å². The van der Waals surface area contributed by atoms with E-state index in [-0.39, 0.29) is 5.75 Å². The lowest BCUT2D eigenvalue weighted by molar-refractivity contribution is -0.274. The van der Waals surface area contributed by atoms with Crippen LogP contribution >= 0.6 is 0 Å². The minimum absolute atomic E-state index is 0.306. The van der Waals surface area contributed by atoms with E-state index in [9.17, 15) is 13.2 Å². The van der Waals surface area contributed by atoms with Crippen LogP contribution in [-0.4, -0.2) is 42.5 Å². The second-order valence-corrected chi connectivity index (χ2v) is 5.90. The maximum Gasteiger partial charge on any atom is 0.573 e. The first-order valence-corrected chi connectivity index (χ1v) is 7.80. The normalized spacial score (nSPS) is 18.4. The van der Waals surface area contributed by atoms with E-state index in [0.717, 1.165) is 19.5 Å². The van der Waals surface area contributed by atoms with Crippen molar-refractivity contribution in [3.05, 3.63) is 24.5 Å². The number of halogens is 3. The average molecular weight is 352 g/mol. The van der Waals surface area contributed by atoms with Gasteiger partial charge in [-0.3, -0.25) is 0 Å². The molecule has 1 aromatic carbocycles. The average Bonchev–Trinajstić information content (AvgIpc) is 3.17. The Labute approximate surface area is 140 Å². The van der Waals surface area contributed by atoms with E-state index in [4.69, 9.17) is 4.42 Å². The molecule has 25 heavy (non-hydrogen) atoms. The third kappa shape index (κ3) is 2.95. The largest absolute Gasteiger partial charge is 0.573 e. The fraction of sp³-hybridized carbons (Fsp3) is 0.375. The van der Waals surface area contributed by atoms with Gasteiger partial charge in [0, 0.05) is 19.1 Å². The summed E-state index contributed by atoms with van der Waals surface area (Å²) in [5.41, 5.74) is 1.38. The molecule has 6 nitrogen and oxygen atoms in total. The number of ether oxygens (including phenoxy) is 1. The maximum absolute atomic E-state index is 12.4. The number of furan rings is 1. The molecule has 3 heterocycles. The highest BCUT2D eigenvalue weighted by atomic mass is 19.4. The molecule has 0 amide bonds. The van der Waals surface area contributed by atoms with Gasteiger partial charge in [-0.1, -0.05) is 0 Å². The van der Waals surface area contributed by atoms with E-state index in [0.29, 0.717) is 33.9 Å². The summed E-state index contributed by atoms with van der Waals surface area (Å²) in [6, 6.07) is 4.31. The molecule has 2 aromatic heterocycles. The lowest BCUT2D eigenvalue weighted by atomic mass is 10.2. The van der Waals surface area contributed by atoms with Crippen molar-refractivity contribution in [2.75, 3.05) is 25.0 Å². The quantitative estimate of drug-likeness (QED) is 0.782. The SMILES string of the molecule is CN[C@@H]1CCN(c2ncnc3c2oc2ccc(OC(F)(F)F)cc23)C1. The third-order valence-electron chi connectivity index (χ3n) is 4.33. The van der Waals surface area contributed by atoms with Gasteiger partial charge in [-0.15, -0.1) is 13.2 Å². The molecular weight excluding hydrogens is 337 g/mol. The van der Waals surface area contributed by atoms with Crippen LogP contribution in [0.3, 0.4) is 0 Å². The minimum Gasteiger partial charge on any atom is -0.450 e. The van der Waals surface area contributed by atoms with Gasteiger partial charge in [0.1, 0.15) is 23.2 Å². The summed E-state index contributed by atoms with van der Waals surface area (Å²) in [6.07, 6.45) is -2.37. The first-order valence-electron chi connectivity index (χ1n) is 7.80. The van der Waals surface area contributed by atoms with Gasteiger partial charge in [0.15, 0.2) is 11.4 Å². The number of nitrogens with zero attached hydrogens (tertiary/aromatic N) is 3. The molecule has 0 aliphatic carbocycles. The predicted molar refractivity (Wildman–Crippen MR) is 85.7 cm³/mol.